The number of H-pyrrole nitrogens is 2. The van der Waals surface area contributed by atoms with Crippen LogP contribution in [0.15, 0.2) is 57.3 Å². The van der Waals surface area contributed by atoms with Crippen molar-refractivity contribution in [3.05, 3.63) is 74.6 Å². The highest BCUT2D eigenvalue weighted by Crippen LogP contribution is 1.99. The largest absolute Gasteiger partial charge is 0.325 e. The van der Waals surface area contributed by atoms with Crippen molar-refractivity contribution < 1.29 is 4.79 Å². The third-order valence-corrected chi connectivity index (χ3v) is 2.48. The number of carbonyl (C=O) groups is 1. The van der Waals surface area contributed by atoms with Crippen molar-refractivity contribution in [3.8, 4) is 0 Å². The van der Waals surface area contributed by atoms with E-state index in [1.807, 2.05) is 41.4 Å². The lowest BCUT2D eigenvalue weighted by molar-refractivity contribution is 0.0953. The van der Waals surface area contributed by atoms with E-state index in [0.717, 1.165) is 11.8 Å². The molecule has 0 unspecified atom stereocenters. The number of hydrazone groups is 1. The summed E-state index contributed by atoms with van der Waals surface area (Å²) < 4.78 is 0. The maximum absolute atomic E-state index is 11.6. The molecular weight excluding hydrogens is 272 g/mol. The van der Waals surface area contributed by atoms with Crippen molar-refractivity contribution >= 4 is 18.2 Å². The van der Waals surface area contributed by atoms with E-state index in [4.69, 9.17) is 0 Å². The molecule has 0 saturated carbocycles. The van der Waals surface area contributed by atoms with Crippen LogP contribution >= 0.6 is 0 Å². The van der Waals surface area contributed by atoms with Crippen LogP contribution in [-0.4, -0.2) is 22.1 Å². The van der Waals surface area contributed by atoms with Crippen LogP contribution in [0.25, 0.3) is 6.08 Å². The van der Waals surface area contributed by atoms with Crippen LogP contribution in [0.4, 0.5) is 0 Å². The highest BCUT2D eigenvalue weighted by molar-refractivity contribution is 5.94. The molecule has 21 heavy (non-hydrogen) atoms. The topological polar surface area (TPSA) is 107 Å². The van der Waals surface area contributed by atoms with Crippen molar-refractivity contribution in [3.63, 3.8) is 0 Å². The summed E-state index contributed by atoms with van der Waals surface area (Å²) in [7, 11) is 0. The smallest absolute Gasteiger partial charge is 0.313 e. The summed E-state index contributed by atoms with van der Waals surface area (Å²) in [6, 6.07) is 9.56. The Morgan fingerprint density at radius 3 is 2.67 bits per heavy atom. The van der Waals surface area contributed by atoms with Gasteiger partial charge in [0.1, 0.15) is 5.56 Å². The molecule has 0 bridgehead atoms. The Labute approximate surface area is 119 Å². The van der Waals surface area contributed by atoms with Crippen LogP contribution in [0.1, 0.15) is 15.9 Å². The van der Waals surface area contributed by atoms with Gasteiger partial charge in [-0.2, -0.15) is 5.10 Å². The third kappa shape index (κ3) is 4.13. The standard InChI is InChI=1S/C14H12N4O3/c19-12-11(9-15-14(21)17-12)13(20)18-16-8-4-7-10-5-2-1-3-6-10/h1-9H,(H,18,20)(H2,15,17,19,21)/b7-4+,16-8-. The molecule has 2 rings (SSSR count). The molecule has 1 aromatic carbocycles. The van der Waals surface area contributed by atoms with Gasteiger partial charge < -0.3 is 4.98 Å². The first kappa shape index (κ1) is 14.2. The first-order valence-corrected chi connectivity index (χ1v) is 6.04. The summed E-state index contributed by atoms with van der Waals surface area (Å²) in [6.07, 6.45) is 5.87. The number of hydrogen-bond acceptors (Lipinski definition) is 4. The minimum Gasteiger partial charge on any atom is -0.313 e. The van der Waals surface area contributed by atoms with E-state index < -0.39 is 17.2 Å². The third-order valence-electron chi connectivity index (χ3n) is 2.48. The Morgan fingerprint density at radius 1 is 1.19 bits per heavy atom. The van der Waals surface area contributed by atoms with E-state index in [0.29, 0.717) is 0 Å². The Kier molecular flexibility index (Phi) is 4.60. The van der Waals surface area contributed by atoms with Gasteiger partial charge in [0.2, 0.25) is 0 Å². The number of aromatic nitrogens is 2. The molecule has 0 aliphatic rings. The van der Waals surface area contributed by atoms with Crippen molar-refractivity contribution in [1.82, 2.24) is 15.4 Å². The van der Waals surface area contributed by atoms with Crippen molar-refractivity contribution in [1.29, 1.82) is 0 Å². The van der Waals surface area contributed by atoms with Gasteiger partial charge in [-0.25, -0.2) is 10.2 Å². The highest BCUT2D eigenvalue weighted by atomic mass is 16.2. The number of nitrogens with zero attached hydrogens (tertiary/aromatic N) is 1. The van der Waals surface area contributed by atoms with Crippen LogP contribution in [-0.2, 0) is 0 Å². The van der Waals surface area contributed by atoms with Gasteiger partial charge in [-0.3, -0.25) is 14.6 Å². The van der Waals surface area contributed by atoms with Crippen LogP contribution in [0.2, 0.25) is 0 Å². The van der Waals surface area contributed by atoms with Crippen LogP contribution in [0, 0.1) is 0 Å². The number of carbonyl (C=O) groups excluding carboxylic acids is 1. The second kappa shape index (κ2) is 6.80. The Bertz CT molecular complexity index is 788. The number of nitrogens with one attached hydrogen (secondary N) is 3. The fourth-order valence-corrected chi connectivity index (χ4v) is 1.50. The van der Waals surface area contributed by atoms with Gasteiger partial charge in [-0.15, -0.1) is 0 Å². The molecule has 1 amide bonds. The Morgan fingerprint density at radius 2 is 1.95 bits per heavy atom. The summed E-state index contributed by atoms with van der Waals surface area (Å²) in [6.45, 7) is 0. The van der Waals surface area contributed by atoms with Crippen LogP contribution in [0.5, 0.6) is 0 Å². The lowest BCUT2D eigenvalue weighted by Gasteiger charge is -1.96. The molecule has 1 heterocycles. The highest BCUT2D eigenvalue weighted by Gasteiger charge is 2.09. The Balaban J connectivity index is 1.95. The van der Waals surface area contributed by atoms with Gasteiger partial charge in [0.25, 0.3) is 11.5 Å². The van der Waals surface area contributed by atoms with E-state index >= 15 is 0 Å². The molecule has 0 radical (unpaired) electrons. The van der Waals surface area contributed by atoms with Crippen LogP contribution < -0.4 is 16.7 Å². The fraction of sp³-hybridized carbons (Fsp3) is 0. The molecule has 2 aromatic rings. The fourth-order valence-electron chi connectivity index (χ4n) is 1.50. The molecule has 106 valence electrons. The maximum Gasteiger partial charge on any atom is 0.325 e. The second-order valence-corrected chi connectivity index (χ2v) is 3.97. The van der Waals surface area contributed by atoms with Gasteiger partial charge in [0.15, 0.2) is 0 Å². The first-order valence-electron chi connectivity index (χ1n) is 6.04. The minimum absolute atomic E-state index is 0.223. The average Bonchev–Trinajstić information content (AvgIpc) is 2.47. The van der Waals surface area contributed by atoms with Crippen LogP contribution in [0.3, 0.4) is 0 Å². The molecule has 0 aliphatic heterocycles. The lowest BCUT2D eigenvalue weighted by Crippen LogP contribution is -2.31. The zero-order valence-electron chi connectivity index (χ0n) is 10.9. The van der Waals surface area contributed by atoms with Gasteiger partial charge in [-0.05, 0) is 11.6 Å². The summed E-state index contributed by atoms with van der Waals surface area (Å²) in [5, 5.41) is 3.67. The molecular formula is C14H12N4O3. The molecule has 0 atom stereocenters. The average molecular weight is 284 g/mol. The number of allylic oxidation sites excluding steroid dienone is 1. The predicted octanol–water partition coefficient (Wildman–Crippen LogP) is 0.492. The summed E-state index contributed by atoms with van der Waals surface area (Å²) >= 11 is 0. The van der Waals surface area contributed by atoms with Crippen molar-refractivity contribution in [2.45, 2.75) is 0 Å². The summed E-state index contributed by atoms with van der Waals surface area (Å²) in [5.74, 6) is -0.711. The molecule has 3 N–H and O–H groups in total. The predicted molar refractivity (Wildman–Crippen MR) is 79.1 cm³/mol. The van der Waals surface area contributed by atoms with Crippen molar-refractivity contribution in [2.75, 3.05) is 0 Å². The van der Waals surface area contributed by atoms with E-state index in [2.05, 4.69) is 15.5 Å². The lowest BCUT2D eigenvalue weighted by atomic mass is 10.2. The van der Waals surface area contributed by atoms with Crippen molar-refractivity contribution in [2.24, 2.45) is 5.10 Å². The number of benzene rings is 1. The van der Waals surface area contributed by atoms with E-state index in [1.165, 1.54) is 6.21 Å². The molecule has 0 saturated heterocycles. The van der Waals surface area contributed by atoms with E-state index in [-0.39, 0.29) is 5.56 Å². The molecule has 7 nitrogen and oxygen atoms in total. The second-order valence-electron chi connectivity index (χ2n) is 3.97. The SMILES string of the molecule is O=C(N/N=C\C=C\c1ccccc1)c1c[nH]c(=O)[nH]c1=O. The zero-order chi connectivity index (χ0) is 15.1. The zero-order valence-corrected chi connectivity index (χ0v) is 10.9. The van der Waals surface area contributed by atoms with E-state index in [1.54, 1.807) is 6.08 Å². The molecule has 0 spiro atoms. The number of hydrogen-bond donors (Lipinski definition) is 3. The van der Waals surface area contributed by atoms with Gasteiger partial charge in [0, 0.05) is 12.4 Å². The number of aromatic amines is 2. The maximum atomic E-state index is 11.6. The number of amides is 1. The normalized spacial score (nSPS) is 11.0. The Hall–Kier alpha value is -3.22. The molecule has 0 fully saturated rings. The van der Waals surface area contributed by atoms with Gasteiger partial charge in [0.05, 0.1) is 0 Å². The summed E-state index contributed by atoms with van der Waals surface area (Å²) in [5.41, 5.74) is 1.51. The molecule has 0 aliphatic carbocycles. The molecule has 7 heteroatoms. The molecule has 1 aromatic heterocycles. The summed E-state index contributed by atoms with van der Waals surface area (Å²) in [4.78, 5) is 37.9. The van der Waals surface area contributed by atoms with E-state index in [9.17, 15) is 14.4 Å². The first-order chi connectivity index (χ1) is 10.2. The minimum atomic E-state index is -0.772. The van der Waals surface area contributed by atoms with Gasteiger partial charge >= 0.3 is 5.69 Å². The quantitative estimate of drug-likeness (QED) is 0.561. The monoisotopic (exact) mass is 284 g/mol. The number of rotatable bonds is 4. The van der Waals surface area contributed by atoms with Gasteiger partial charge in [-0.1, -0.05) is 36.4 Å².